The second kappa shape index (κ2) is 6.19. The molecule has 5 nitrogen and oxygen atoms in total. The van der Waals surface area contributed by atoms with Crippen molar-refractivity contribution in [1.29, 1.82) is 0 Å². The molecule has 1 heterocycles. The van der Waals surface area contributed by atoms with E-state index in [-0.39, 0.29) is 23.6 Å². The number of hydrogen-bond acceptors (Lipinski definition) is 4. The number of aromatic nitrogens is 2. The summed E-state index contributed by atoms with van der Waals surface area (Å²) in [5.41, 5.74) is -0.141. The molecule has 1 aliphatic carbocycles. The van der Waals surface area contributed by atoms with Crippen LogP contribution in [0, 0.1) is 0 Å². The highest BCUT2D eigenvalue weighted by atomic mass is 16.5. The van der Waals surface area contributed by atoms with Gasteiger partial charge in [0.1, 0.15) is 6.10 Å². The van der Waals surface area contributed by atoms with Gasteiger partial charge in [0.25, 0.3) is 5.88 Å². The lowest BCUT2D eigenvalue weighted by Gasteiger charge is -2.31. The lowest BCUT2D eigenvalue weighted by Crippen LogP contribution is -2.44. The molecule has 1 aromatic rings. The van der Waals surface area contributed by atoms with Crippen LogP contribution in [0.2, 0.25) is 0 Å². The third-order valence-corrected chi connectivity index (χ3v) is 3.73. The SMILES string of the molecule is CNC1CCCCC1Oc1nccn(C(C)C)c1=O. The number of rotatable bonds is 4. The second-order valence-corrected chi connectivity index (χ2v) is 5.37. The van der Waals surface area contributed by atoms with Crippen molar-refractivity contribution >= 4 is 0 Å². The summed E-state index contributed by atoms with van der Waals surface area (Å²) in [6.45, 7) is 3.95. The van der Waals surface area contributed by atoms with Gasteiger partial charge in [-0.2, -0.15) is 0 Å². The minimum atomic E-state index is -0.141. The van der Waals surface area contributed by atoms with Gasteiger partial charge in [0.15, 0.2) is 0 Å². The molecule has 1 aromatic heterocycles. The maximum atomic E-state index is 12.2. The number of ether oxygens (including phenoxy) is 1. The van der Waals surface area contributed by atoms with Gasteiger partial charge in [-0.05, 0) is 40.2 Å². The standard InChI is InChI=1S/C14H23N3O2/c1-10(2)17-9-8-16-13(14(17)18)19-12-7-5-4-6-11(12)15-3/h8-12,15H,4-7H2,1-3H3. The molecule has 1 saturated carbocycles. The Morgan fingerprint density at radius 3 is 2.84 bits per heavy atom. The second-order valence-electron chi connectivity index (χ2n) is 5.37. The summed E-state index contributed by atoms with van der Waals surface area (Å²) in [5.74, 6) is 0.225. The van der Waals surface area contributed by atoms with Crippen LogP contribution in [0.1, 0.15) is 45.6 Å². The molecule has 2 unspecified atom stereocenters. The molecular formula is C14H23N3O2. The van der Waals surface area contributed by atoms with Gasteiger partial charge in [-0.1, -0.05) is 6.42 Å². The monoisotopic (exact) mass is 265 g/mol. The number of nitrogens with one attached hydrogen (secondary N) is 1. The first-order valence-corrected chi connectivity index (χ1v) is 7.04. The number of hydrogen-bond donors (Lipinski definition) is 1. The van der Waals surface area contributed by atoms with E-state index in [9.17, 15) is 4.79 Å². The number of nitrogens with zero attached hydrogens (tertiary/aromatic N) is 2. The molecule has 1 N–H and O–H groups in total. The van der Waals surface area contributed by atoms with E-state index in [2.05, 4.69) is 10.3 Å². The Balaban J connectivity index is 2.18. The van der Waals surface area contributed by atoms with Crippen LogP contribution in [0.25, 0.3) is 0 Å². The molecule has 19 heavy (non-hydrogen) atoms. The summed E-state index contributed by atoms with van der Waals surface area (Å²) < 4.78 is 7.53. The third-order valence-electron chi connectivity index (χ3n) is 3.73. The summed E-state index contributed by atoms with van der Waals surface area (Å²) >= 11 is 0. The molecule has 2 rings (SSSR count). The van der Waals surface area contributed by atoms with E-state index in [1.54, 1.807) is 17.0 Å². The van der Waals surface area contributed by atoms with Gasteiger partial charge in [-0.3, -0.25) is 4.79 Å². The fourth-order valence-corrected chi connectivity index (χ4v) is 2.61. The highest BCUT2D eigenvalue weighted by Crippen LogP contribution is 2.21. The van der Waals surface area contributed by atoms with Crippen molar-refractivity contribution in [1.82, 2.24) is 14.9 Å². The molecule has 1 fully saturated rings. The van der Waals surface area contributed by atoms with Crippen molar-refractivity contribution in [3.8, 4) is 5.88 Å². The first kappa shape index (κ1) is 14.1. The highest BCUT2D eigenvalue weighted by Gasteiger charge is 2.26. The largest absolute Gasteiger partial charge is 0.469 e. The van der Waals surface area contributed by atoms with Gasteiger partial charge in [0.05, 0.1) is 0 Å². The van der Waals surface area contributed by atoms with Gasteiger partial charge >= 0.3 is 5.56 Å². The Kier molecular flexibility index (Phi) is 4.58. The van der Waals surface area contributed by atoms with Crippen LogP contribution in [0.15, 0.2) is 17.2 Å². The van der Waals surface area contributed by atoms with Crippen LogP contribution in [0.5, 0.6) is 5.88 Å². The van der Waals surface area contributed by atoms with Crippen LogP contribution in [-0.4, -0.2) is 28.7 Å². The van der Waals surface area contributed by atoms with E-state index < -0.39 is 0 Å². The first-order chi connectivity index (χ1) is 9.13. The zero-order chi connectivity index (χ0) is 13.8. The molecule has 0 aromatic carbocycles. The van der Waals surface area contributed by atoms with Crippen molar-refractivity contribution in [2.24, 2.45) is 0 Å². The smallest absolute Gasteiger partial charge is 0.313 e. The molecule has 0 saturated heterocycles. The van der Waals surface area contributed by atoms with Crippen molar-refractivity contribution in [3.63, 3.8) is 0 Å². The summed E-state index contributed by atoms with van der Waals surface area (Å²) in [4.78, 5) is 16.3. The molecule has 106 valence electrons. The van der Waals surface area contributed by atoms with Crippen LogP contribution in [-0.2, 0) is 0 Å². The maximum absolute atomic E-state index is 12.2. The van der Waals surface area contributed by atoms with E-state index in [1.165, 1.54) is 6.42 Å². The molecule has 0 bridgehead atoms. The fraction of sp³-hybridized carbons (Fsp3) is 0.714. The first-order valence-electron chi connectivity index (χ1n) is 7.04. The lowest BCUT2D eigenvalue weighted by atomic mass is 9.92. The third kappa shape index (κ3) is 3.15. The highest BCUT2D eigenvalue weighted by molar-refractivity contribution is 5.06. The molecule has 1 aliphatic rings. The summed E-state index contributed by atoms with van der Waals surface area (Å²) in [6, 6.07) is 0.423. The van der Waals surface area contributed by atoms with Gasteiger partial charge in [-0.15, -0.1) is 0 Å². The molecule has 5 heteroatoms. The Hall–Kier alpha value is -1.36. The van der Waals surface area contributed by atoms with Crippen molar-refractivity contribution in [3.05, 3.63) is 22.7 Å². The molecule has 0 aliphatic heterocycles. The van der Waals surface area contributed by atoms with Crippen molar-refractivity contribution in [2.45, 2.75) is 57.7 Å². The van der Waals surface area contributed by atoms with Crippen LogP contribution >= 0.6 is 0 Å². The Bertz CT molecular complexity index is 470. The normalized spacial score (nSPS) is 23.6. The molecular weight excluding hydrogens is 242 g/mol. The zero-order valence-electron chi connectivity index (χ0n) is 11.9. The van der Waals surface area contributed by atoms with E-state index >= 15 is 0 Å². The van der Waals surface area contributed by atoms with E-state index in [4.69, 9.17) is 4.74 Å². The lowest BCUT2D eigenvalue weighted by molar-refractivity contribution is 0.110. The predicted molar refractivity (Wildman–Crippen MR) is 74.6 cm³/mol. The molecule has 0 spiro atoms. The van der Waals surface area contributed by atoms with Crippen LogP contribution < -0.4 is 15.6 Å². The zero-order valence-corrected chi connectivity index (χ0v) is 11.9. The van der Waals surface area contributed by atoms with E-state index in [0.717, 1.165) is 19.3 Å². The Labute approximate surface area is 114 Å². The summed E-state index contributed by atoms with van der Waals surface area (Å²) in [6.07, 6.45) is 7.81. The number of likely N-dealkylation sites (N-methyl/N-ethyl adjacent to an activating group) is 1. The topological polar surface area (TPSA) is 56.1 Å². The molecule has 0 amide bonds. The minimum absolute atomic E-state index is 0.0435. The van der Waals surface area contributed by atoms with Crippen molar-refractivity contribution < 1.29 is 4.74 Å². The fourth-order valence-electron chi connectivity index (χ4n) is 2.61. The van der Waals surface area contributed by atoms with Gasteiger partial charge < -0.3 is 14.6 Å². The van der Waals surface area contributed by atoms with Crippen molar-refractivity contribution in [2.75, 3.05) is 7.05 Å². The van der Waals surface area contributed by atoms with Crippen LogP contribution in [0.4, 0.5) is 0 Å². The molecule has 2 atom stereocenters. The minimum Gasteiger partial charge on any atom is -0.469 e. The van der Waals surface area contributed by atoms with Gasteiger partial charge in [0.2, 0.25) is 0 Å². The average Bonchev–Trinajstić information content (AvgIpc) is 2.41. The Morgan fingerprint density at radius 2 is 2.16 bits per heavy atom. The maximum Gasteiger partial charge on any atom is 0.313 e. The Morgan fingerprint density at radius 1 is 1.42 bits per heavy atom. The van der Waals surface area contributed by atoms with E-state index in [0.29, 0.717) is 6.04 Å². The van der Waals surface area contributed by atoms with E-state index in [1.807, 2.05) is 20.9 Å². The van der Waals surface area contributed by atoms with Crippen LogP contribution in [0.3, 0.4) is 0 Å². The van der Waals surface area contributed by atoms with Gasteiger partial charge in [-0.25, -0.2) is 4.98 Å². The summed E-state index contributed by atoms with van der Waals surface area (Å²) in [7, 11) is 1.94. The predicted octanol–water partition coefficient (Wildman–Crippen LogP) is 1.73. The quantitative estimate of drug-likeness (QED) is 0.901. The summed E-state index contributed by atoms with van der Waals surface area (Å²) in [5, 5.41) is 3.27. The van der Waals surface area contributed by atoms with Gasteiger partial charge in [0, 0.05) is 24.5 Å². The average molecular weight is 265 g/mol. The molecule has 0 radical (unpaired) electrons.